The van der Waals surface area contributed by atoms with Crippen LogP contribution in [0.1, 0.15) is 47.4 Å². The second-order valence-electron chi connectivity index (χ2n) is 4.12. The van der Waals surface area contributed by atoms with Crippen LogP contribution in [0, 0.1) is 0 Å². The van der Waals surface area contributed by atoms with Gasteiger partial charge in [-0.2, -0.15) is 0 Å². The zero-order valence-electron chi connectivity index (χ0n) is 11.4. The molecule has 6 heteroatoms. The van der Waals surface area contributed by atoms with Gasteiger partial charge in [0.2, 0.25) is 0 Å². The standard InChI is InChI=1S/C14H18O6/c1-3-5-19-11-7-10(14(17)18)12(20-6-4-2)8-9(11)13(15)16/h7-8H,3-6H2,1-2H3,(H,15,16)(H,17,18)/p-2. The van der Waals surface area contributed by atoms with Crippen LogP contribution in [0.2, 0.25) is 0 Å². The first kappa shape index (κ1) is 15.8. The van der Waals surface area contributed by atoms with E-state index in [4.69, 9.17) is 9.47 Å². The molecule has 0 aliphatic heterocycles. The Kier molecular flexibility index (Phi) is 5.83. The lowest BCUT2D eigenvalue weighted by molar-refractivity contribution is -0.256. The van der Waals surface area contributed by atoms with Gasteiger partial charge in [0.15, 0.2) is 0 Å². The Bertz CT molecular complexity index is 449. The van der Waals surface area contributed by atoms with Crippen LogP contribution in [0.4, 0.5) is 0 Å². The zero-order valence-corrected chi connectivity index (χ0v) is 11.4. The molecule has 0 spiro atoms. The van der Waals surface area contributed by atoms with Gasteiger partial charge in [-0.25, -0.2) is 0 Å². The van der Waals surface area contributed by atoms with Gasteiger partial charge < -0.3 is 29.3 Å². The van der Waals surface area contributed by atoms with Crippen molar-refractivity contribution < 1.29 is 29.3 Å². The average Bonchev–Trinajstić information content (AvgIpc) is 2.42. The van der Waals surface area contributed by atoms with E-state index in [1.54, 1.807) is 0 Å². The lowest BCUT2D eigenvalue weighted by atomic mass is 10.1. The quantitative estimate of drug-likeness (QED) is 0.664. The van der Waals surface area contributed by atoms with Crippen LogP contribution in [-0.2, 0) is 0 Å². The monoisotopic (exact) mass is 280 g/mol. The minimum Gasteiger partial charge on any atom is -0.545 e. The number of carboxylic acids is 2. The van der Waals surface area contributed by atoms with Crippen LogP contribution < -0.4 is 19.7 Å². The van der Waals surface area contributed by atoms with Gasteiger partial charge in [0.05, 0.1) is 25.2 Å². The summed E-state index contributed by atoms with van der Waals surface area (Å²) in [5.41, 5.74) is -0.482. The van der Waals surface area contributed by atoms with Crippen molar-refractivity contribution in [1.82, 2.24) is 0 Å². The lowest BCUT2D eigenvalue weighted by Gasteiger charge is -2.18. The SMILES string of the molecule is CCCOc1cc(C(=O)[O-])c(OCCC)cc1C(=O)[O-]. The molecule has 0 atom stereocenters. The molecule has 0 unspecified atom stereocenters. The Morgan fingerprint density at radius 1 is 0.900 bits per heavy atom. The van der Waals surface area contributed by atoms with Gasteiger partial charge in [-0.05, 0) is 25.0 Å². The van der Waals surface area contributed by atoms with Gasteiger partial charge in [0, 0.05) is 11.1 Å². The van der Waals surface area contributed by atoms with Crippen molar-refractivity contribution in [2.75, 3.05) is 13.2 Å². The summed E-state index contributed by atoms with van der Waals surface area (Å²) >= 11 is 0. The summed E-state index contributed by atoms with van der Waals surface area (Å²) in [7, 11) is 0. The van der Waals surface area contributed by atoms with Gasteiger partial charge >= 0.3 is 0 Å². The molecular formula is C14H16O6-2. The largest absolute Gasteiger partial charge is 0.545 e. The number of ether oxygens (including phenoxy) is 2. The van der Waals surface area contributed by atoms with Gasteiger partial charge in [0.1, 0.15) is 11.5 Å². The van der Waals surface area contributed by atoms with Crippen LogP contribution >= 0.6 is 0 Å². The molecule has 20 heavy (non-hydrogen) atoms. The number of benzene rings is 1. The van der Waals surface area contributed by atoms with Crippen LogP contribution in [-0.4, -0.2) is 25.2 Å². The van der Waals surface area contributed by atoms with E-state index in [9.17, 15) is 19.8 Å². The fraction of sp³-hybridized carbons (Fsp3) is 0.429. The molecule has 0 fully saturated rings. The maximum atomic E-state index is 11.1. The van der Waals surface area contributed by atoms with Crippen molar-refractivity contribution in [3.63, 3.8) is 0 Å². The molecule has 0 aliphatic rings. The third kappa shape index (κ3) is 3.88. The van der Waals surface area contributed by atoms with Gasteiger partial charge in [-0.1, -0.05) is 13.8 Å². The maximum absolute atomic E-state index is 11.1. The van der Waals surface area contributed by atoms with Crippen molar-refractivity contribution in [3.8, 4) is 11.5 Å². The molecule has 0 radical (unpaired) electrons. The fourth-order valence-corrected chi connectivity index (χ4v) is 1.54. The van der Waals surface area contributed by atoms with Crippen LogP contribution in [0.3, 0.4) is 0 Å². The van der Waals surface area contributed by atoms with Gasteiger partial charge in [-0.15, -0.1) is 0 Å². The van der Waals surface area contributed by atoms with Gasteiger partial charge in [-0.3, -0.25) is 0 Å². The summed E-state index contributed by atoms with van der Waals surface area (Å²) in [6.45, 7) is 4.22. The molecule has 0 saturated heterocycles. The van der Waals surface area contributed by atoms with Crippen molar-refractivity contribution >= 4 is 11.9 Å². The molecule has 0 bridgehead atoms. The Hall–Kier alpha value is -2.24. The van der Waals surface area contributed by atoms with E-state index < -0.39 is 11.9 Å². The van der Waals surface area contributed by atoms with E-state index in [1.807, 2.05) is 13.8 Å². The third-order valence-electron chi connectivity index (χ3n) is 2.44. The minimum absolute atomic E-state index is 0.0603. The molecular weight excluding hydrogens is 264 g/mol. The van der Waals surface area contributed by atoms with Crippen LogP contribution in [0.5, 0.6) is 11.5 Å². The highest BCUT2D eigenvalue weighted by atomic mass is 16.5. The predicted molar refractivity (Wildman–Crippen MR) is 66.7 cm³/mol. The second kappa shape index (κ2) is 7.37. The Labute approximate surface area is 116 Å². The molecule has 0 N–H and O–H groups in total. The minimum atomic E-state index is -1.46. The van der Waals surface area contributed by atoms with E-state index in [-0.39, 0.29) is 35.8 Å². The number of hydrogen-bond donors (Lipinski definition) is 0. The highest BCUT2D eigenvalue weighted by Gasteiger charge is 2.14. The fourth-order valence-electron chi connectivity index (χ4n) is 1.54. The first-order valence-corrected chi connectivity index (χ1v) is 6.37. The van der Waals surface area contributed by atoms with Crippen molar-refractivity contribution in [2.24, 2.45) is 0 Å². The van der Waals surface area contributed by atoms with E-state index >= 15 is 0 Å². The maximum Gasteiger partial charge on any atom is 0.129 e. The summed E-state index contributed by atoms with van der Waals surface area (Å²) in [4.78, 5) is 22.2. The first-order chi connectivity index (χ1) is 9.51. The summed E-state index contributed by atoms with van der Waals surface area (Å²) < 4.78 is 10.5. The molecule has 110 valence electrons. The molecule has 6 nitrogen and oxygen atoms in total. The van der Waals surface area contributed by atoms with E-state index in [2.05, 4.69) is 0 Å². The molecule has 1 aromatic rings. The number of rotatable bonds is 8. The highest BCUT2D eigenvalue weighted by molar-refractivity contribution is 5.95. The molecule has 0 amide bonds. The Morgan fingerprint density at radius 3 is 1.50 bits per heavy atom. The summed E-state index contributed by atoms with van der Waals surface area (Å²) in [6, 6.07) is 2.20. The molecule has 0 aromatic heterocycles. The topological polar surface area (TPSA) is 98.7 Å². The number of carbonyl (C=O) groups is 2. The highest BCUT2D eigenvalue weighted by Crippen LogP contribution is 2.29. The average molecular weight is 280 g/mol. The molecule has 1 aromatic carbocycles. The zero-order chi connectivity index (χ0) is 15.1. The Morgan fingerprint density at radius 2 is 1.25 bits per heavy atom. The Balaban J connectivity index is 3.27. The number of carbonyl (C=O) groups excluding carboxylic acids is 2. The van der Waals surface area contributed by atoms with Gasteiger partial charge in [0.25, 0.3) is 0 Å². The summed E-state index contributed by atoms with van der Waals surface area (Å²) in [6.07, 6.45) is 1.31. The van der Waals surface area contributed by atoms with E-state index in [0.29, 0.717) is 12.8 Å². The molecule has 0 heterocycles. The summed E-state index contributed by atoms with van der Waals surface area (Å²) in [5.74, 6) is -3.03. The van der Waals surface area contributed by atoms with Crippen LogP contribution in [0.15, 0.2) is 12.1 Å². The molecule has 1 rings (SSSR count). The number of hydrogen-bond acceptors (Lipinski definition) is 6. The number of carboxylic acid groups (broad SMARTS) is 2. The van der Waals surface area contributed by atoms with Crippen LogP contribution in [0.25, 0.3) is 0 Å². The van der Waals surface area contributed by atoms with E-state index in [1.165, 1.54) is 0 Å². The smallest absolute Gasteiger partial charge is 0.129 e. The number of aromatic carboxylic acids is 2. The normalized spacial score (nSPS) is 10.1. The van der Waals surface area contributed by atoms with Crippen molar-refractivity contribution in [1.29, 1.82) is 0 Å². The second-order valence-corrected chi connectivity index (χ2v) is 4.12. The first-order valence-electron chi connectivity index (χ1n) is 6.37. The van der Waals surface area contributed by atoms with Crippen molar-refractivity contribution in [2.45, 2.75) is 26.7 Å². The third-order valence-corrected chi connectivity index (χ3v) is 2.44. The lowest BCUT2D eigenvalue weighted by Crippen LogP contribution is -2.26. The summed E-state index contributed by atoms with van der Waals surface area (Å²) in [5, 5.41) is 22.2. The van der Waals surface area contributed by atoms with E-state index in [0.717, 1.165) is 12.1 Å². The van der Waals surface area contributed by atoms with Crippen molar-refractivity contribution in [3.05, 3.63) is 23.3 Å². The molecule has 0 aliphatic carbocycles. The predicted octanol–water partition coefficient (Wildman–Crippen LogP) is -0.00880. The molecule has 0 saturated carbocycles.